The number of nitrogen functional groups attached to an aromatic ring is 1. The van der Waals surface area contributed by atoms with E-state index in [0.29, 0.717) is 79.5 Å². The molecular weight excluding hydrogens is 1600 g/mol. The summed E-state index contributed by atoms with van der Waals surface area (Å²) in [5.74, 6) is -3.66. The number of likely N-dealkylation sites (tertiary alicyclic amines) is 2. The van der Waals surface area contributed by atoms with E-state index in [-0.39, 0.29) is 127 Å². The fraction of sp³-hybridized carbons (Fsp3) is 0.434. The van der Waals surface area contributed by atoms with E-state index in [2.05, 4.69) is 82.4 Å². The van der Waals surface area contributed by atoms with Gasteiger partial charge in [-0.05, 0) is 169 Å². The Morgan fingerprint density at radius 1 is 0.792 bits per heavy atom. The molecule has 5 aromatic heterocycles. The van der Waals surface area contributed by atoms with Crippen molar-refractivity contribution in [2.75, 3.05) is 41.3 Å². The van der Waals surface area contributed by atoms with Gasteiger partial charge in [0.1, 0.15) is 40.7 Å². The van der Waals surface area contributed by atoms with Crippen LogP contribution in [0.2, 0.25) is 5.02 Å². The lowest BCUT2D eigenvalue weighted by Gasteiger charge is -2.35. The number of para-hydroxylation sites is 1. The Balaban J connectivity index is 0.639. The van der Waals surface area contributed by atoms with Crippen molar-refractivity contribution in [3.8, 4) is 16.2 Å². The summed E-state index contributed by atoms with van der Waals surface area (Å²) in [6, 6.07) is 20.4. The second-order valence-corrected chi connectivity index (χ2v) is 35.2. The number of nitrogens with zero attached hydrogens (tertiary/aromatic N) is 11. The number of aromatic amines is 1. The molecule has 120 heavy (non-hydrogen) atoms. The van der Waals surface area contributed by atoms with Gasteiger partial charge < -0.3 is 67.3 Å². The summed E-state index contributed by atoms with van der Waals surface area (Å²) in [6.07, 6.45) is 5.34. The number of H-pyrrole nitrogens is 1. The number of amides is 6. The number of aryl methyl sites for hydroxylation is 3. The number of benzene rings is 4. The normalized spacial score (nSPS) is 15.2. The molecule has 0 unspecified atom stereocenters. The predicted molar refractivity (Wildman–Crippen MR) is 452 cm³/mol. The van der Waals surface area contributed by atoms with E-state index in [4.69, 9.17) is 26.8 Å². The third-order valence-electron chi connectivity index (χ3n) is 20.7. The van der Waals surface area contributed by atoms with Gasteiger partial charge in [0.2, 0.25) is 41.4 Å². The maximum atomic E-state index is 15.1. The highest BCUT2D eigenvalue weighted by atomic mass is 35.5. The summed E-state index contributed by atoms with van der Waals surface area (Å²) in [5.41, 5.74) is 13.3. The number of anilines is 6. The number of ether oxygens (including phenoxy) is 2. The van der Waals surface area contributed by atoms with Crippen molar-refractivity contribution >= 4 is 126 Å². The number of carboxylic acid groups (broad SMARTS) is 1. The van der Waals surface area contributed by atoms with E-state index in [9.17, 15) is 51.9 Å². The molecule has 9 aromatic rings. The average molecular weight is 1700 g/mol. The van der Waals surface area contributed by atoms with Gasteiger partial charge in [0, 0.05) is 63.0 Å². The fourth-order valence-electron chi connectivity index (χ4n) is 14.1. The van der Waals surface area contributed by atoms with Crippen molar-refractivity contribution in [1.82, 2.24) is 80.9 Å². The Morgan fingerprint density at radius 3 is 2.23 bits per heavy atom. The van der Waals surface area contributed by atoms with Gasteiger partial charge in [-0.1, -0.05) is 74.0 Å². The molecule has 0 bridgehead atoms. The number of thiazole rings is 1. The van der Waals surface area contributed by atoms with Crippen LogP contribution in [0.25, 0.3) is 21.6 Å². The van der Waals surface area contributed by atoms with Crippen LogP contribution in [0.4, 0.5) is 34.8 Å². The zero-order valence-electron chi connectivity index (χ0n) is 68.5. The number of rotatable bonds is 36. The summed E-state index contributed by atoms with van der Waals surface area (Å²) in [7, 11) is -3.65. The number of nitrogens with two attached hydrogens (primary N) is 1. The van der Waals surface area contributed by atoms with Gasteiger partial charge in [0.15, 0.2) is 26.8 Å². The van der Waals surface area contributed by atoms with Gasteiger partial charge in [0.05, 0.1) is 93.7 Å². The highest BCUT2D eigenvalue weighted by Crippen LogP contribution is 2.40. The van der Waals surface area contributed by atoms with Gasteiger partial charge in [-0.2, -0.15) is 9.97 Å². The molecule has 0 radical (unpaired) electrons. The van der Waals surface area contributed by atoms with Crippen molar-refractivity contribution < 1.29 is 61.4 Å². The third kappa shape index (κ3) is 23.3. The molecule has 4 aromatic carbocycles. The van der Waals surface area contributed by atoms with Gasteiger partial charge in [-0.15, -0.1) is 16.4 Å². The van der Waals surface area contributed by atoms with E-state index in [1.807, 2.05) is 75.9 Å². The molecule has 37 heteroatoms. The van der Waals surface area contributed by atoms with Crippen LogP contribution in [0, 0.1) is 19.3 Å². The van der Waals surface area contributed by atoms with E-state index >= 15 is 4.79 Å². The van der Waals surface area contributed by atoms with Gasteiger partial charge in [0.25, 0.3) is 11.5 Å². The van der Waals surface area contributed by atoms with Crippen LogP contribution >= 0.6 is 22.9 Å². The number of esters is 1. The molecule has 2 fully saturated rings. The van der Waals surface area contributed by atoms with Crippen molar-refractivity contribution in [1.29, 1.82) is 0 Å². The van der Waals surface area contributed by atoms with Crippen LogP contribution < -0.4 is 53.2 Å². The second-order valence-electron chi connectivity index (χ2n) is 31.5. The number of carbonyl (C=O) groups excluding carboxylic acids is 7. The quantitative estimate of drug-likeness (QED) is 0.0129. The van der Waals surface area contributed by atoms with E-state index in [1.165, 1.54) is 46.8 Å². The Morgan fingerprint density at radius 2 is 1.53 bits per heavy atom. The Hall–Kier alpha value is -12.1. The number of hydrogen-bond donors (Lipinski definition) is 10. The maximum Gasteiger partial charge on any atom is 0.326 e. The number of aromatic nitrogens is 10. The predicted octanol–water partition coefficient (Wildman–Crippen LogP) is 10.1. The Kier molecular flexibility index (Phi) is 29.3. The number of sulfone groups is 1. The second kappa shape index (κ2) is 39.7. The van der Waals surface area contributed by atoms with Crippen molar-refractivity contribution in [3.63, 3.8) is 0 Å². The number of nitrogens with one attached hydrogen (secondary N) is 8. The topological polar surface area (TPSA) is 467 Å². The van der Waals surface area contributed by atoms with Crippen LogP contribution in [-0.2, 0) is 67.8 Å². The van der Waals surface area contributed by atoms with Crippen molar-refractivity contribution in [3.05, 3.63) is 164 Å². The minimum absolute atomic E-state index is 0.00901. The van der Waals surface area contributed by atoms with Gasteiger partial charge in [-0.25, -0.2) is 33.1 Å². The first-order valence-corrected chi connectivity index (χ1v) is 42.6. The number of carboxylic acids is 1. The molecule has 636 valence electrons. The molecule has 11 rings (SSSR count). The summed E-state index contributed by atoms with van der Waals surface area (Å²) >= 11 is 8.10. The molecule has 34 nitrogen and oxygen atoms in total. The molecular formula is C83H101ClN20O14S2. The number of aliphatic carboxylic acids is 1. The molecule has 5 atom stereocenters. The Bertz CT molecular complexity index is 5400. The van der Waals surface area contributed by atoms with Crippen LogP contribution in [-0.4, -0.2) is 176 Å². The third-order valence-corrected chi connectivity index (χ3v) is 24.1. The molecule has 2 saturated heterocycles. The van der Waals surface area contributed by atoms with E-state index < -0.39 is 97.8 Å². The summed E-state index contributed by atoms with van der Waals surface area (Å²) in [4.78, 5) is 154. The SMILES string of the molecule is Cc1cc(Nc2ncc(Cl)c(Nc3ccccc3S(=O)(=O)C(C)C)n2)c(OC(C)C)cc1C1CCN(C(=O)CCCC(=O)N[C@H](C(=O)N2C[C@H](OC(=O)CCCCn3cc(CNC(=O)CC[C@H](NC(=O)c4ccc(NCc5cnc6nc(N)[nH]c(=O)c6n5)cc4)C(=O)O)nn3)C[C@H]2C(=O)N[C@@H](C)c2ccc(-c3scnc3C)cc2)C(C)(C)C)CC1. The number of halogens is 1. The van der Waals surface area contributed by atoms with Crippen LogP contribution in [0.5, 0.6) is 5.75 Å². The zero-order valence-corrected chi connectivity index (χ0v) is 70.9. The number of carbonyl (C=O) groups is 8. The highest BCUT2D eigenvalue weighted by molar-refractivity contribution is 7.92. The van der Waals surface area contributed by atoms with Crippen LogP contribution in [0.15, 0.2) is 119 Å². The van der Waals surface area contributed by atoms with Crippen LogP contribution in [0.3, 0.4) is 0 Å². The molecule has 11 N–H and O–H groups in total. The average Bonchev–Trinajstić information content (AvgIpc) is 1.64. The molecule has 6 amide bonds. The number of piperidine rings is 1. The monoisotopic (exact) mass is 1700 g/mol. The van der Waals surface area contributed by atoms with Gasteiger partial charge in [-0.3, -0.25) is 48.0 Å². The van der Waals surface area contributed by atoms with Crippen LogP contribution in [0.1, 0.15) is 182 Å². The first kappa shape index (κ1) is 88.8. The van der Waals surface area contributed by atoms with Crippen molar-refractivity contribution in [2.24, 2.45) is 5.41 Å². The lowest BCUT2D eigenvalue weighted by Crippen LogP contribution is -2.57. The summed E-state index contributed by atoms with van der Waals surface area (Å²) in [5, 5.41) is 38.4. The minimum atomic E-state index is -3.65. The largest absolute Gasteiger partial charge is 0.489 e. The first-order valence-electron chi connectivity index (χ1n) is 39.8. The van der Waals surface area contributed by atoms with E-state index in [0.717, 1.165) is 32.8 Å². The summed E-state index contributed by atoms with van der Waals surface area (Å²) in [6.45, 7) is 19.6. The molecule has 0 saturated carbocycles. The van der Waals surface area contributed by atoms with Gasteiger partial charge >= 0.3 is 11.9 Å². The summed E-state index contributed by atoms with van der Waals surface area (Å²) < 4.78 is 40.4. The molecule has 2 aliphatic heterocycles. The lowest BCUT2D eigenvalue weighted by atomic mass is 9.85. The molecule has 0 spiro atoms. The lowest BCUT2D eigenvalue weighted by molar-refractivity contribution is -0.150. The standard InChI is InChI=1S/C83H101ClN20O14S2/c1-46(2)117-65-38-59(48(5)36-63(65)95-82-89-42-60(84)74(98-82)93-61-16-11-12-17-66(61)120(115,116)47(3)4)52-31-34-102(35-32-52)69(107)19-15-18-68(106)96-73(83(8,9)10)79(112)104-44-58(37-64(104)77(110)91-49(6)51-21-23-53(24-22-51)72-50(7)90-45-119-72)118-70(108)20-13-14-33-103-43-57(100-101-103)41-87-67(105)30-29-62(80(113)114)94-76(109)54-25-27-55(28-26-54)86-39-56-40-88-75-71(92-56)78(111)99-81(85)97-75/h11-12,16-17,21-28,36,38,40,42-43,45-47,49,52,58,62,64,73,86H,13-15,18-20,29-35,37,39,41,44H2,1-10H3,(H,87,105)(H,91,110)(H,94,109)(H,96,106)(H,113,114)(H2,89,93,95,98)(H3,85,88,97,99,111)/t49-,58+,62-,64-,73+/m0/s1. The smallest absolute Gasteiger partial charge is 0.326 e. The first-order chi connectivity index (χ1) is 57.1. The minimum Gasteiger partial charge on any atom is -0.489 e. The Labute approximate surface area is 703 Å². The molecule has 0 aliphatic carbocycles. The maximum absolute atomic E-state index is 15.1. The number of fused-ring (bicyclic) bond motifs is 1. The van der Waals surface area contributed by atoms with Crippen molar-refractivity contribution in [2.45, 2.75) is 212 Å². The highest BCUT2D eigenvalue weighted by Gasteiger charge is 2.46. The zero-order chi connectivity index (χ0) is 86.3. The molecule has 2 aliphatic rings. The van der Waals surface area contributed by atoms with E-state index in [1.54, 1.807) is 81.3 Å². The molecule has 7 heterocycles. The fourth-order valence-corrected chi connectivity index (χ4v) is 16.3. The number of unbranched alkanes of at least 4 members (excludes halogenated alkanes) is 1. The number of hydrogen-bond acceptors (Lipinski definition) is 26.